The van der Waals surface area contributed by atoms with Gasteiger partial charge in [-0.25, -0.2) is 8.78 Å². The van der Waals surface area contributed by atoms with Crippen molar-refractivity contribution in [2.24, 2.45) is 11.8 Å². The number of hydrogen-bond acceptors (Lipinski definition) is 0. The van der Waals surface area contributed by atoms with E-state index < -0.39 is 11.6 Å². The second-order valence-corrected chi connectivity index (χ2v) is 8.99. The van der Waals surface area contributed by atoms with Gasteiger partial charge in [-0.05, 0) is 87.2 Å². The molecule has 0 amide bonds. The van der Waals surface area contributed by atoms with Crippen molar-refractivity contribution in [1.29, 1.82) is 0 Å². The lowest BCUT2D eigenvalue weighted by atomic mass is 9.70. The largest absolute Gasteiger partial charge is 0.203 e. The zero-order valence-electron chi connectivity index (χ0n) is 13.3. The van der Waals surface area contributed by atoms with Crippen LogP contribution in [0, 0.1) is 30.4 Å². The van der Waals surface area contributed by atoms with Crippen molar-refractivity contribution in [2.45, 2.75) is 68.1 Å². The minimum Gasteiger partial charge on any atom is -0.203 e. The molecule has 0 unspecified atom stereocenters. The van der Waals surface area contributed by atoms with E-state index in [1.165, 1.54) is 38.5 Å². The van der Waals surface area contributed by atoms with Crippen LogP contribution >= 0.6 is 22.6 Å². The topological polar surface area (TPSA) is 0 Å². The van der Waals surface area contributed by atoms with E-state index in [0.29, 0.717) is 11.1 Å². The third-order valence-corrected chi connectivity index (χ3v) is 7.13. The van der Waals surface area contributed by atoms with Crippen LogP contribution in [0.15, 0.2) is 12.1 Å². The van der Waals surface area contributed by atoms with Crippen molar-refractivity contribution in [3.05, 3.63) is 34.9 Å². The smallest absolute Gasteiger partial charge is 0.162 e. The summed E-state index contributed by atoms with van der Waals surface area (Å²) in [6.07, 6.45) is 9.90. The summed E-state index contributed by atoms with van der Waals surface area (Å²) in [6, 6.07) is 3.53. The summed E-state index contributed by atoms with van der Waals surface area (Å²) in [5.41, 5.74) is 1.02. The van der Waals surface area contributed by atoms with Crippen LogP contribution in [-0.4, -0.2) is 3.92 Å². The molecule has 22 heavy (non-hydrogen) atoms. The van der Waals surface area contributed by atoms with Crippen LogP contribution < -0.4 is 0 Å². The molecule has 0 nitrogen and oxygen atoms in total. The first-order valence-corrected chi connectivity index (χ1v) is 9.89. The molecule has 3 rings (SSSR count). The molecule has 0 aromatic heterocycles. The van der Waals surface area contributed by atoms with Gasteiger partial charge in [-0.3, -0.25) is 0 Å². The first kappa shape index (κ1) is 16.7. The summed E-state index contributed by atoms with van der Waals surface area (Å²) >= 11 is 2.58. The van der Waals surface area contributed by atoms with Crippen molar-refractivity contribution >= 4 is 22.6 Å². The monoisotopic (exact) mass is 418 g/mol. The molecular weight excluding hydrogens is 393 g/mol. The molecule has 2 aliphatic carbocycles. The van der Waals surface area contributed by atoms with Crippen LogP contribution in [0.2, 0.25) is 0 Å². The second-order valence-electron chi connectivity index (χ2n) is 7.22. The van der Waals surface area contributed by atoms with Gasteiger partial charge in [-0.2, -0.15) is 0 Å². The maximum atomic E-state index is 14.2. The standard InChI is InChI=1S/C19H25F2I/c1-12-2-11-17(19(21)18(12)20)15-5-3-13(4-6-15)14-7-9-16(22)10-8-14/h2,11,13-16H,3-10H2,1H3. The zero-order valence-corrected chi connectivity index (χ0v) is 15.4. The Hall–Kier alpha value is -0.190. The van der Waals surface area contributed by atoms with E-state index in [0.717, 1.165) is 28.6 Å². The molecule has 0 radical (unpaired) electrons. The normalized spacial score (nSPS) is 32.9. The lowest BCUT2D eigenvalue weighted by Gasteiger charge is -2.37. The third-order valence-electron chi connectivity index (χ3n) is 5.88. The van der Waals surface area contributed by atoms with Gasteiger partial charge < -0.3 is 0 Å². The number of hydrogen-bond donors (Lipinski definition) is 0. The van der Waals surface area contributed by atoms with Gasteiger partial charge in [0, 0.05) is 3.92 Å². The fourth-order valence-electron chi connectivity index (χ4n) is 4.43. The molecule has 2 aliphatic rings. The molecule has 122 valence electrons. The van der Waals surface area contributed by atoms with Gasteiger partial charge >= 0.3 is 0 Å². The summed E-state index contributed by atoms with van der Waals surface area (Å²) < 4.78 is 28.8. The van der Waals surface area contributed by atoms with E-state index in [1.54, 1.807) is 19.1 Å². The van der Waals surface area contributed by atoms with E-state index in [-0.39, 0.29) is 5.92 Å². The first-order chi connectivity index (χ1) is 10.6. The first-order valence-electron chi connectivity index (χ1n) is 8.64. The molecule has 0 N–H and O–H groups in total. The zero-order chi connectivity index (χ0) is 15.7. The minimum atomic E-state index is -0.653. The van der Waals surface area contributed by atoms with E-state index in [1.807, 2.05) is 0 Å². The molecule has 0 spiro atoms. The molecule has 0 heterocycles. The second kappa shape index (κ2) is 7.14. The van der Waals surface area contributed by atoms with Gasteiger partial charge in [0.15, 0.2) is 11.6 Å². The molecule has 2 saturated carbocycles. The summed E-state index contributed by atoms with van der Waals surface area (Å²) in [7, 11) is 0. The van der Waals surface area contributed by atoms with E-state index in [4.69, 9.17) is 0 Å². The number of alkyl halides is 1. The predicted octanol–water partition coefficient (Wildman–Crippen LogP) is 6.54. The number of aryl methyl sites for hydroxylation is 1. The molecular formula is C19H25F2I. The average molecular weight is 418 g/mol. The summed E-state index contributed by atoms with van der Waals surface area (Å²) in [5, 5.41) is 0. The van der Waals surface area contributed by atoms with Gasteiger partial charge in [-0.15, -0.1) is 0 Å². The van der Waals surface area contributed by atoms with E-state index in [2.05, 4.69) is 22.6 Å². The highest BCUT2D eigenvalue weighted by Gasteiger charge is 2.31. The molecule has 2 fully saturated rings. The summed E-state index contributed by atoms with van der Waals surface area (Å²) in [5.74, 6) is 0.659. The van der Waals surface area contributed by atoms with Crippen LogP contribution in [0.4, 0.5) is 8.78 Å². The predicted molar refractivity (Wildman–Crippen MR) is 95.6 cm³/mol. The lowest BCUT2D eigenvalue weighted by Crippen LogP contribution is -2.25. The Morgan fingerprint density at radius 1 is 0.818 bits per heavy atom. The molecule has 0 atom stereocenters. The Balaban J connectivity index is 1.61. The maximum absolute atomic E-state index is 14.2. The fraction of sp³-hybridized carbons (Fsp3) is 0.684. The van der Waals surface area contributed by atoms with Crippen molar-refractivity contribution in [3.63, 3.8) is 0 Å². The van der Waals surface area contributed by atoms with Crippen LogP contribution in [0.5, 0.6) is 0 Å². The van der Waals surface area contributed by atoms with Crippen molar-refractivity contribution < 1.29 is 8.78 Å². The van der Waals surface area contributed by atoms with Crippen molar-refractivity contribution in [2.75, 3.05) is 0 Å². The molecule has 0 saturated heterocycles. The maximum Gasteiger partial charge on any atom is 0.162 e. The Morgan fingerprint density at radius 2 is 1.36 bits per heavy atom. The summed E-state index contributed by atoms with van der Waals surface area (Å²) in [6.45, 7) is 1.63. The SMILES string of the molecule is Cc1ccc(C2CCC(C3CCC(I)CC3)CC2)c(F)c1F. The van der Waals surface area contributed by atoms with Crippen molar-refractivity contribution in [1.82, 2.24) is 0 Å². The number of benzene rings is 1. The Morgan fingerprint density at radius 3 is 1.95 bits per heavy atom. The number of halogens is 3. The third kappa shape index (κ3) is 3.49. The molecule has 3 heteroatoms. The number of rotatable bonds is 2. The Bertz CT molecular complexity index is 512. The van der Waals surface area contributed by atoms with Crippen molar-refractivity contribution in [3.8, 4) is 0 Å². The van der Waals surface area contributed by atoms with Gasteiger partial charge in [0.1, 0.15) is 0 Å². The molecule has 0 bridgehead atoms. The highest BCUT2D eigenvalue weighted by Crippen LogP contribution is 2.44. The molecule has 1 aromatic rings. The van der Waals surface area contributed by atoms with E-state index >= 15 is 0 Å². The van der Waals surface area contributed by atoms with Gasteiger partial charge in [0.2, 0.25) is 0 Å². The Kier molecular flexibility index (Phi) is 5.41. The van der Waals surface area contributed by atoms with E-state index in [9.17, 15) is 8.78 Å². The quantitative estimate of drug-likeness (QED) is 0.378. The fourth-order valence-corrected chi connectivity index (χ4v) is 5.15. The van der Waals surface area contributed by atoms with Crippen LogP contribution in [0.25, 0.3) is 0 Å². The average Bonchev–Trinajstić information content (AvgIpc) is 2.54. The van der Waals surface area contributed by atoms with Crippen LogP contribution in [-0.2, 0) is 0 Å². The van der Waals surface area contributed by atoms with Crippen LogP contribution in [0.3, 0.4) is 0 Å². The Labute approximate surface area is 146 Å². The van der Waals surface area contributed by atoms with Gasteiger partial charge in [0.25, 0.3) is 0 Å². The lowest BCUT2D eigenvalue weighted by molar-refractivity contribution is 0.188. The highest BCUT2D eigenvalue weighted by molar-refractivity contribution is 14.1. The molecule has 0 aliphatic heterocycles. The van der Waals surface area contributed by atoms with Gasteiger partial charge in [-0.1, -0.05) is 34.7 Å². The molecule has 1 aromatic carbocycles. The van der Waals surface area contributed by atoms with Crippen LogP contribution in [0.1, 0.15) is 68.4 Å². The summed E-state index contributed by atoms with van der Waals surface area (Å²) in [4.78, 5) is 0. The minimum absolute atomic E-state index is 0.215. The van der Waals surface area contributed by atoms with Gasteiger partial charge in [0.05, 0.1) is 0 Å². The highest BCUT2D eigenvalue weighted by atomic mass is 127.